The van der Waals surface area contributed by atoms with Crippen molar-refractivity contribution < 1.29 is 35.1 Å². The van der Waals surface area contributed by atoms with Gasteiger partial charge in [-0.25, -0.2) is 9.98 Å². The van der Waals surface area contributed by atoms with Crippen LogP contribution in [0.15, 0.2) is 88.9 Å². The van der Waals surface area contributed by atoms with Gasteiger partial charge in [0.15, 0.2) is 5.01 Å². The first-order valence-corrected chi connectivity index (χ1v) is 17.1. The average molecular weight is 728 g/mol. The van der Waals surface area contributed by atoms with E-state index in [1.165, 1.54) is 11.1 Å². The molecular weight excluding hydrogens is 684 g/mol. The molecule has 0 bridgehead atoms. The molecule has 0 radical (unpaired) electrons. The lowest BCUT2D eigenvalue weighted by Gasteiger charge is -2.45. The van der Waals surface area contributed by atoms with Crippen LogP contribution in [0.4, 0.5) is 18.9 Å². The number of alkyl halides is 3. The number of amides is 3. The summed E-state index contributed by atoms with van der Waals surface area (Å²) < 4.78 is 45.2. The zero-order chi connectivity index (χ0) is 37.1. The van der Waals surface area contributed by atoms with E-state index in [1.54, 1.807) is 55.5 Å². The van der Waals surface area contributed by atoms with Gasteiger partial charge in [0.1, 0.15) is 17.6 Å². The fourth-order valence-electron chi connectivity index (χ4n) is 5.94. The summed E-state index contributed by atoms with van der Waals surface area (Å²) in [5.74, 6) is -2.49. The highest BCUT2D eigenvalue weighted by molar-refractivity contribution is 7.10. The van der Waals surface area contributed by atoms with E-state index in [9.17, 15) is 27.6 Å². The molecule has 0 unspecified atom stereocenters. The van der Waals surface area contributed by atoms with Crippen molar-refractivity contribution in [1.82, 2.24) is 25.4 Å². The lowest BCUT2D eigenvalue weighted by molar-refractivity contribution is -0.137. The molecular formula is C36H44F3N7O4S. The molecule has 15 heteroatoms. The predicted octanol–water partition coefficient (Wildman–Crippen LogP) is 5.25. The predicted molar refractivity (Wildman–Crippen MR) is 192 cm³/mol. The maximum atomic E-state index is 14.2. The number of amidine groups is 1. The van der Waals surface area contributed by atoms with E-state index in [2.05, 4.69) is 27.1 Å². The zero-order valence-electron chi connectivity index (χ0n) is 28.7. The molecule has 3 amide bonds. The van der Waals surface area contributed by atoms with Crippen molar-refractivity contribution in [2.75, 3.05) is 26.8 Å². The van der Waals surface area contributed by atoms with Gasteiger partial charge in [-0.2, -0.15) is 13.2 Å². The summed E-state index contributed by atoms with van der Waals surface area (Å²) in [4.78, 5) is 52.6. The first-order chi connectivity index (χ1) is 24.2. The third-order valence-electron chi connectivity index (χ3n) is 9.29. The van der Waals surface area contributed by atoms with Crippen LogP contribution in [0.5, 0.6) is 0 Å². The van der Waals surface area contributed by atoms with Crippen molar-refractivity contribution in [2.24, 2.45) is 10.7 Å². The van der Waals surface area contributed by atoms with Crippen LogP contribution in [0.2, 0.25) is 0 Å². The second kappa shape index (κ2) is 15.2. The Bertz CT molecular complexity index is 1870. The number of aliphatic imine (C=N–C) groups is 1. The second-order valence-corrected chi connectivity index (χ2v) is 13.6. The Hall–Kier alpha value is -4.86. The molecule has 4 N–H and O–H groups in total. The number of para-hydroxylation sites is 1. The summed E-state index contributed by atoms with van der Waals surface area (Å²) >= 11 is 0.285. The maximum absolute atomic E-state index is 14.2. The number of nitrogens with one attached hydrogen (secondary N) is 2. The van der Waals surface area contributed by atoms with Crippen LogP contribution in [0.3, 0.4) is 0 Å². The van der Waals surface area contributed by atoms with Crippen molar-refractivity contribution >= 4 is 40.6 Å². The fraction of sp³-hybridized carbons (Fsp3) is 0.361. The highest BCUT2D eigenvalue weighted by atomic mass is 32.1. The smallest absolute Gasteiger partial charge is 0.404 e. The minimum atomic E-state index is -4.73. The minimum Gasteiger partial charge on any atom is -0.404 e. The van der Waals surface area contributed by atoms with Gasteiger partial charge in [-0.15, -0.1) is 11.3 Å². The average Bonchev–Trinajstić information content (AvgIpc) is 3.59. The number of hydrogen-bond donors (Lipinski definition) is 3. The van der Waals surface area contributed by atoms with Crippen molar-refractivity contribution in [3.05, 3.63) is 106 Å². The number of carbonyl (C=O) groups is 3. The molecule has 5 rings (SSSR count). The van der Waals surface area contributed by atoms with Crippen LogP contribution in [-0.4, -0.2) is 82.8 Å². The van der Waals surface area contributed by atoms with Crippen LogP contribution in [-0.2, 0) is 27.0 Å². The SMILES string of the molecule is C=C(C(=O)NCc1cccc([C@@H]2/C(=C/N)C(=Nc3ccccc3)N(CC)C(=O)[C@H]2NC(=O)c2csc(C(F)(F)F)n2)c1)C(C)(C)N(C)C1COC1.[HH].[HH]. The van der Waals surface area contributed by atoms with Gasteiger partial charge < -0.3 is 21.1 Å². The van der Waals surface area contributed by atoms with Crippen LogP contribution in [0.25, 0.3) is 0 Å². The van der Waals surface area contributed by atoms with E-state index in [-0.39, 0.29) is 45.1 Å². The molecule has 3 aromatic rings. The van der Waals surface area contributed by atoms with Crippen molar-refractivity contribution in [3.63, 3.8) is 0 Å². The number of piperidine rings is 1. The van der Waals surface area contributed by atoms with E-state index in [0.29, 0.717) is 41.2 Å². The van der Waals surface area contributed by atoms with E-state index in [4.69, 9.17) is 15.5 Å². The van der Waals surface area contributed by atoms with Gasteiger partial charge in [0.05, 0.1) is 24.9 Å². The molecule has 2 aliphatic heterocycles. The molecule has 2 saturated heterocycles. The number of rotatable bonds is 11. The number of ether oxygens (including phenoxy) is 1. The lowest BCUT2D eigenvalue weighted by Crippen LogP contribution is -2.59. The molecule has 274 valence electrons. The van der Waals surface area contributed by atoms with Crippen LogP contribution in [0.1, 0.15) is 56.2 Å². The Morgan fingerprint density at radius 2 is 1.90 bits per heavy atom. The first-order valence-electron chi connectivity index (χ1n) is 16.2. The van der Waals surface area contributed by atoms with E-state index < -0.39 is 46.2 Å². The molecule has 0 spiro atoms. The van der Waals surface area contributed by atoms with Crippen molar-refractivity contribution in [2.45, 2.75) is 57.0 Å². The van der Waals surface area contributed by atoms with Crippen LogP contribution in [0, 0.1) is 0 Å². The molecule has 1 aromatic heterocycles. The van der Waals surface area contributed by atoms with Gasteiger partial charge in [-0.1, -0.05) is 49.0 Å². The Morgan fingerprint density at radius 1 is 1.20 bits per heavy atom. The number of carbonyl (C=O) groups excluding carboxylic acids is 3. The summed E-state index contributed by atoms with van der Waals surface area (Å²) in [5, 5.41) is 5.39. The molecule has 0 saturated carbocycles. The Morgan fingerprint density at radius 3 is 2.49 bits per heavy atom. The third kappa shape index (κ3) is 7.90. The number of likely N-dealkylation sites (N-methyl/N-ethyl adjacent to an activating group) is 2. The highest BCUT2D eigenvalue weighted by Gasteiger charge is 2.45. The summed E-state index contributed by atoms with van der Waals surface area (Å²) in [6.07, 6.45) is -3.42. The van der Waals surface area contributed by atoms with E-state index >= 15 is 0 Å². The third-order valence-corrected chi connectivity index (χ3v) is 10.2. The number of halogens is 3. The first kappa shape index (κ1) is 37.4. The number of nitrogens with zero attached hydrogens (tertiary/aromatic N) is 4. The summed E-state index contributed by atoms with van der Waals surface area (Å²) in [6, 6.07) is 14.9. The lowest BCUT2D eigenvalue weighted by atomic mass is 9.79. The van der Waals surface area contributed by atoms with Gasteiger partial charge >= 0.3 is 6.18 Å². The van der Waals surface area contributed by atoms with Crippen molar-refractivity contribution in [3.8, 4) is 0 Å². The van der Waals surface area contributed by atoms with Gasteiger partial charge in [0.2, 0.25) is 5.91 Å². The maximum Gasteiger partial charge on any atom is 0.443 e. The topological polar surface area (TPSA) is 142 Å². The fourth-order valence-corrected chi connectivity index (χ4v) is 6.61. The number of likely N-dealkylation sites (tertiary alicyclic amines) is 1. The number of thiazole rings is 1. The van der Waals surface area contributed by atoms with Gasteiger partial charge in [0, 0.05) is 50.1 Å². The summed E-state index contributed by atoms with van der Waals surface area (Å²) in [6.45, 7) is 11.1. The molecule has 11 nitrogen and oxygen atoms in total. The monoisotopic (exact) mass is 727 g/mol. The Balaban J connectivity index is 0.00000378. The van der Waals surface area contributed by atoms with E-state index in [0.717, 1.165) is 5.38 Å². The van der Waals surface area contributed by atoms with Gasteiger partial charge in [0.25, 0.3) is 11.8 Å². The Kier molecular flexibility index (Phi) is 11.1. The van der Waals surface area contributed by atoms with Gasteiger partial charge in [-0.3, -0.25) is 24.2 Å². The Labute approximate surface area is 301 Å². The molecule has 3 heterocycles. The normalized spacial score (nSPS) is 20.1. The molecule has 2 fully saturated rings. The summed E-state index contributed by atoms with van der Waals surface area (Å²) in [5.41, 5.74) is 7.69. The second-order valence-electron chi connectivity index (χ2n) is 12.7. The number of benzene rings is 2. The highest BCUT2D eigenvalue weighted by Crippen LogP contribution is 2.37. The van der Waals surface area contributed by atoms with Gasteiger partial charge in [-0.05, 0) is 51.1 Å². The number of aromatic nitrogens is 1. The minimum absolute atomic E-state index is 0. The van der Waals surface area contributed by atoms with Crippen LogP contribution >= 0.6 is 11.3 Å². The molecule has 2 atom stereocenters. The molecule has 0 aliphatic carbocycles. The molecule has 2 aliphatic rings. The number of hydrogen-bond acceptors (Lipinski definition) is 9. The van der Waals surface area contributed by atoms with Crippen LogP contribution < -0.4 is 16.4 Å². The van der Waals surface area contributed by atoms with Crippen molar-refractivity contribution in [1.29, 1.82) is 0 Å². The number of nitrogens with two attached hydrogens (primary N) is 1. The van der Waals surface area contributed by atoms with E-state index in [1.807, 2.05) is 27.0 Å². The molecule has 51 heavy (non-hydrogen) atoms. The standard InChI is InChI=1S/C36H40F3N7O4S.2H2/c1-6-46-30(42-24-13-8-7-9-14-24)26(16-40)28(29(33(46)49)44-32(48)27-20-51-34(43-27)36(37,38)39)23-12-10-11-22(15-23)17-41-31(47)21(2)35(3,4)45(5)25-18-50-19-25;;/h7-16,20,25,28-29H,2,6,17-19,40H2,1,3-5H3,(H,41,47)(H,44,48);2*1H/b26-16-,42-30?;;/t28-,29+;;/m1../s1. The zero-order valence-corrected chi connectivity index (χ0v) is 29.5. The quantitative estimate of drug-likeness (QED) is 0.229. The largest absolute Gasteiger partial charge is 0.443 e. The summed E-state index contributed by atoms with van der Waals surface area (Å²) in [7, 11) is 1.93. The molecule has 2 aromatic carbocycles.